The average Bonchev–Trinajstić information content (AvgIpc) is 2.88. The van der Waals surface area contributed by atoms with Crippen LogP contribution in [0, 0.1) is 5.41 Å². The number of rotatable bonds is 10. The van der Waals surface area contributed by atoms with Crippen LogP contribution in [-0.2, 0) is 6.42 Å². The van der Waals surface area contributed by atoms with Crippen molar-refractivity contribution in [1.29, 1.82) is 0 Å². The van der Waals surface area contributed by atoms with Crippen molar-refractivity contribution in [3.8, 4) is 5.75 Å². The molecule has 7 nitrogen and oxygen atoms in total. The molecule has 8 heteroatoms. The Kier molecular flexibility index (Phi) is 8.32. The van der Waals surface area contributed by atoms with E-state index >= 15 is 0 Å². The molecule has 1 saturated heterocycles. The molecule has 0 unspecified atom stereocenters. The fourth-order valence-electron chi connectivity index (χ4n) is 4.90. The number of fused-ring (bicyclic) bond motifs is 1. The molecular formula is C26H33ClN4O3. The van der Waals surface area contributed by atoms with Crippen LogP contribution in [0.15, 0.2) is 43.0 Å². The molecule has 4 rings (SSSR count). The van der Waals surface area contributed by atoms with Crippen LogP contribution in [0.5, 0.6) is 5.75 Å². The summed E-state index contributed by atoms with van der Waals surface area (Å²) < 4.78 is 5.35. The van der Waals surface area contributed by atoms with Crippen LogP contribution in [-0.4, -0.2) is 63.4 Å². The van der Waals surface area contributed by atoms with Gasteiger partial charge in [-0.1, -0.05) is 11.6 Å². The van der Waals surface area contributed by atoms with E-state index in [0.717, 1.165) is 68.3 Å². The number of halogens is 1. The molecule has 3 heterocycles. The first-order chi connectivity index (χ1) is 16.5. The Bertz CT molecular complexity index is 1070. The molecule has 3 aromatic rings. The van der Waals surface area contributed by atoms with Crippen LogP contribution < -0.4 is 4.74 Å². The van der Waals surface area contributed by atoms with E-state index in [2.05, 4.69) is 19.9 Å². The van der Waals surface area contributed by atoms with Crippen molar-refractivity contribution in [2.24, 2.45) is 5.41 Å². The SMILES string of the molecule is COc1ccc2ncc(Cl)c([C@H](O)CCC3(CO)CCN(CCCc4cnccn4)CC3)c2c1. The summed E-state index contributed by atoms with van der Waals surface area (Å²) in [6.45, 7) is 3.05. The maximum absolute atomic E-state index is 11.1. The van der Waals surface area contributed by atoms with E-state index < -0.39 is 6.10 Å². The number of likely N-dealkylation sites (tertiary alicyclic amines) is 1. The summed E-state index contributed by atoms with van der Waals surface area (Å²) in [5.41, 5.74) is 2.30. The molecule has 182 valence electrons. The smallest absolute Gasteiger partial charge is 0.119 e. The molecule has 1 atom stereocenters. The summed E-state index contributed by atoms with van der Waals surface area (Å²) in [6.07, 6.45) is 11.2. The molecule has 1 aliphatic heterocycles. The number of aryl methyl sites for hydroxylation is 1. The minimum Gasteiger partial charge on any atom is -0.497 e. The van der Waals surface area contributed by atoms with Crippen LogP contribution in [0.1, 0.15) is 49.5 Å². The zero-order valence-electron chi connectivity index (χ0n) is 19.7. The van der Waals surface area contributed by atoms with Crippen molar-refractivity contribution >= 4 is 22.5 Å². The van der Waals surface area contributed by atoms with Crippen LogP contribution >= 0.6 is 11.6 Å². The van der Waals surface area contributed by atoms with Gasteiger partial charge in [0.2, 0.25) is 0 Å². The van der Waals surface area contributed by atoms with Crippen molar-refractivity contribution in [3.05, 3.63) is 59.3 Å². The van der Waals surface area contributed by atoms with Crippen LogP contribution in [0.25, 0.3) is 10.9 Å². The first-order valence-corrected chi connectivity index (χ1v) is 12.3. The number of piperidine rings is 1. The number of ether oxygens (including phenoxy) is 1. The molecule has 0 aliphatic carbocycles. The zero-order valence-corrected chi connectivity index (χ0v) is 20.4. The van der Waals surface area contributed by atoms with Gasteiger partial charge in [-0.3, -0.25) is 15.0 Å². The second kappa shape index (κ2) is 11.4. The van der Waals surface area contributed by atoms with Crippen molar-refractivity contribution in [2.75, 3.05) is 33.4 Å². The van der Waals surface area contributed by atoms with E-state index in [0.29, 0.717) is 22.8 Å². The lowest BCUT2D eigenvalue weighted by atomic mass is 9.74. The van der Waals surface area contributed by atoms with Gasteiger partial charge in [0, 0.05) is 42.3 Å². The van der Waals surface area contributed by atoms with E-state index in [-0.39, 0.29) is 12.0 Å². The number of nitrogens with zero attached hydrogens (tertiary/aromatic N) is 4. The summed E-state index contributed by atoms with van der Waals surface area (Å²) in [6, 6.07) is 5.59. The maximum Gasteiger partial charge on any atom is 0.119 e. The standard InChI is InChI=1S/C26H33ClN4O3/c1-34-20-4-5-23-21(15-20)25(22(27)17-30-23)24(33)6-7-26(18-32)8-13-31(14-9-26)12-2-3-19-16-28-10-11-29-19/h4-5,10-11,15-17,24,32-33H,2-3,6-9,12-14,18H2,1H3/t24-/m1/s1. The van der Waals surface area contributed by atoms with Crippen LogP contribution in [0.2, 0.25) is 5.02 Å². The molecule has 2 aromatic heterocycles. The summed E-state index contributed by atoms with van der Waals surface area (Å²) in [4.78, 5) is 15.3. The zero-order chi connectivity index (χ0) is 24.0. The second-order valence-electron chi connectivity index (χ2n) is 9.26. The van der Waals surface area contributed by atoms with Crippen molar-refractivity contribution < 1.29 is 14.9 Å². The number of aliphatic hydroxyl groups excluding tert-OH is 2. The van der Waals surface area contributed by atoms with Gasteiger partial charge < -0.3 is 19.8 Å². The van der Waals surface area contributed by atoms with E-state index in [9.17, 15) is 10.2 Å². The highest BCUT2D eigenvalue weighted by Crippen LogP contribution is 2.40. The lowest BCUT2D eigenvalue weighted by Gasteiger charge is -2.41. The topological polar surface area (TPSA) is 91.6 Å². The van der Waals surface area contributed by atoms with Gasteiger partial charge in [0.05, 0.1) is 29.4 Å². The Labute approximate surface area is 205 Å². The fourth-order valence-corrected chi connectivity index (χ4v) is 5.18. The summed E-state index contributed by atoms with van der Waals surface area (Å²) in [5, 5.41) is 22.6. The first-order valence-electron chi connectivity index (χ1n) is 11.9. The monoisotopic (exact) mass is 484 g/mol. The average molecular weight is 485 g/mol. The van der Waals surface area contributed by atoms with E-state index in [1.165, 1.54) is 0 Å². The van der Waals surface area contributed by atoms with Gasteiger partial charge in [-0.05, 0) is 81.8 Å². The number of hydrogen-bond donors (Lipinski definition) is 2. The second-order valence-corrected chi connectivity index (χ2v) is 9.66. The molecule has 0 amide bonds. The quantitative estimate of drug-likeness (QED) is 0.445. The van der Waals surface area contributed by atoms with Gasteiger partial charge in [-0.2, -0.15) is 0 Å². The van der Waals surface area contributed by atoms with E-state index in [1.54, 1.807) is 25.7 Å². The third kappa shape index (κ3) is 5.84. The summed E-state index contributed by atoms with van der Waals surface area (Å²) in [7, 11) is 1.61. The summed E-state index contributed by atoms with van der Waals surface area (Å²) in [5.74, 6) is 0.698. The van der Waals surface area contributed by atoms with E-state index in [4.69, 9.17) is 16.3 Å². The fraction of sp³-hybridized carbons (Fsp3) is 0.500. The number of methoxy groups -OCH3 is 1. The molecule has 2 N–H and O–H groups in total. The van der Waals surface area contributed by atoms with E-state index in [1.807, 2.05) is 24.4 Å². The van der Waals surface area contributed by atoms with Gasteiger partial charge in [-0.15, -0.1) is 0 Å². The normalized spacial score (nSPS) is 17.1. The number of benzene rings is 1. The molecule has 0 radical (unpaired) electrons. The third-order valence-electron chi connectivity index (χ3n) is 7.13. The molecule has 1 aromatic carbocycles. The van der Waals surface area contributed by atoms with Gasteiger partial charge in [0.25, 0.3) is 0 Å². The highest BCUT2D eigenvalue weighted by Gasteiger charge is 2.34. The highest BCUT2D eigenvalue weighted by molar-refractivity contribution is 6.32. The van der Waals surface area contributed by atoms with Gasteiger partial charge >= 0.3 is 0 Å². The van der Waals surface area contributed by atoms with Gasteiger partial charge in [0.1, 0.15) is 5.75 Å². The first kappa shape index (κ1) is 24.8. The Balaban J connectivity index is 1.34. The third-order valence-corrected chi connectivity index (χ3v) is 7.43. The van der Waals surface area contributed by atoms with Crippen molar-refractivity contribution in [1.82, 2.24) is 19.9 Å². The predicted molar refractivity (Wildman–Crippen MR) is 133 cm³/mol. The van der Waals surface area contributed by atoms with Crippen LogP contribution in [0.4, 0.5) is 0 Å². The molecule has 0 bridgehead atoms. The number of aromatic nitrogens is 3. The maximum atomic E-state index is 11.1. The molecule has 34 heavy (non-hydrogen) atoms. The van der Waals surface area contributed by atoms with Gasteiger partial charge in [0.15, 0.2) is 0 Å². The Morgan fingerprint density at radius 1 is 1.18 bits per heavy atom. The Hall–Kier alpha value is -2.32. The lowest BCUT2D eigenvalue weighted by Crippen LogP contribution is -2.42. The minimum absolute atomic E-state index is 0.131. The van der Waals surface area contributed by atoms with Gasteiger partial charge in [-0.25, -0.2) is 0 Å². The van der Waals surface area contributed by atoms with Crippen LogP contribution in [0.3, 0.4) is 0 Å². The predicted octanol–water partition coefficient (Wildman–Crippen LogP) is 4.21. The number of aliphatic hydroxyl groups is 2. The summed E-state index contributed by atoms with van der Waals surface area (Å²) >= 11 is 6.47. The lowest BCUT2D eigenvalue weighted by molar-refractivity contribution is 0.0234. The molecule has 1 aliphatic rings. The Morgan fingerprint density at radius 2 is 2.00 bits per heavy atom. The minimum atomic E-state index is -0.737. The largest absolute Gasteiger partial charge is 0.497 e. The molecule has 0 saturated carbocycles. The highest BCUT2D eigenvalue weighted by atomic mass is 35.5. The molecule has 1 fully saturated rings. The molecular weight excluding hydrogens is 452 g/mol. The Morgan fingerprint density at radius 3 is 2.71 bits per heavy atom. The number of pyridine rings is 1. The molecule has 0 spiro atoms. The number of hydrogen-bond acceptors (Lipinski definition) is 7. The van der Waals surface area contributed by atoms with Crippen molar-refractivity contribution in [3.63, 3.8) is 0 Å². The van der Waals surface area contributed by atoms with Crippen molar-refractivity contribution in [2.45, 2.75) is 44.6 Å².